The Morgan fingerprint density at radius 2 is 1.97 bits per heavy atom. The van der Waals surface area contributed by atoms with Crippen LogP contribution in [-0.2, 0) is 16.1 Å². The molecule has 1 N–H and O–H groups in total. The Balaban J connectivity index is 1.53. The molecule has 2 aromatic rings. The van der Waals surface area contributed by atoms with Crippen LogP contribution >= 0.6 is 0 Å². The summed E-state index contributed by atoms with van der Waals surface area (Å²) in [5.74, 6) is 1.29. The van der Waals surface area contributed by atoms with E-state index in [0.29, 0.717) is 31.1 Å². The minimum Gasteiger partial charge on any atom is -0.493 e. The first-order chi connectivity index (χ1) is 14.1. The van der Waals surface area contributed by atoms with E-state index < -0.39 is 0 Å². The fourth-order valence-corrected chi connectivity index (χ4v) is 3.20. The van der Waals surface area contributed by atoms with Gasteiger partial charge < -0.3 is 19.7 Å². The van der Waals surface area contributed by atoms with E-state index in [1.54, 1.807) is 18.1 Å². The number of rotatable bonds is 8. The van der Waals surface area contributed by atoms with Crippen molar-refractivity contribution < 1.29 is 19.1 Å². The summed E-state index contributed by atoms with van der Waals surface area (Å²) in [6, 6.07) is 13.2. The molecule has 0 spiro atoms. The summed E-state index contributed by atoms with van der Waals surface area (Å²) < 4.78 is 10.8. The van der Waals surface area contributed by atoms with E-state index in [1.807, 2.05) is 49.4 Å². The molecule has 6 heteroatoms. The molecule has 0 aliphatic carbocycles. The van der Waals surface area contributed by atoms with Crippen molar-refractivity contribution in [3.8, 4) is 11.5 Å². The van der Waals surface area contributed by atoms with Crippen LogP contribution in [0.25, 0.3) is 6.08 Å². The number of methoxy groups -OCH3 is 1. The lowest BCUT2D eigenvalue weighted by Gasteiger charge is -2.15. The topological polar surface area (TPSA) is 67.9 Å². The van der Waals surface area contributed by atoms with Gasteiger partial charge in [0.05, 0.1) is 13.7 Å². The summed E-state index contributed by atoms with van der Waals surface area (Å²) >= 11 is 0. The molecule has 0 saturated carbocycles. The van der Waals surface area contributed by atoms with E-state index in [2.05, 4.69) is 5.32 Å². The second-order valence-electron chi connectivity index (χ2n) is 6.71. The minimum atomic E-state index is -0.184. The maximum absolute atomic E-state index is 12.1. The lowest BCUT2D eigenvalue weighted by molar-refractivity contribution is -0.117. The Morgan fingerprint density at radius 3 is 2.62 bits per heavy atom. The molecule has 0 atom stereocenters. The number of nitrogens with zero attached hydrogens (tertiary/aromatic N) is 1. The lowest BCUT2D eigenvalue weighted by atomic mass is 10.1. The van der Waals surface area contributed by atoms with Crippen LogP contribution in [0.1, 0.15) is 30.9 Å². The monoisotopic (exact) mass is 394 g/mol. The molecule has 0 unspecified atom stereocenters. The van der Waals surface area contributed by atoms with Crippen molar-refractivity contribution in [2.45, 2.75) is 26.3 Å². The van der Waals surface area contributed by atoms with Crippen molar-refractivity contribution in [1.29, 1.82) is 0 Å². The summed E-state index contributed by atoms with van der Waals surface area (Å²) in [6.07, 6.45) is 4.75. The molecule has 6 nitrogen and oxygen atoms in total. The van der Waals surface area contributed by atoms with Crippen LogP contribution in [0.2, 0.25) is 0 Å². The first-order valence-corrected chi connectivity index (χ1v) is 9.76. The van der Waals surface area contributed by atoms with Gasteiger partial charge in [-0.15, -0.1) is 0 Å². The molecule has 1 heterocycles. The fourth-order valence-electron chi connectivity index (χ4n) is 3.20. The molecule has 3 rings (SSSR count). The van der Waals surface area contributed by atoms with Gasteiger partial charge in [-0.25, -0.2) is 0 Å². The van der Waals surface area contributed by atoms with Crippen LogP contribution < -0.4 is 19.7 Å². The van der Waals surface area contributed by atoms with Gasteiger partial charge in [-0.3, -0.25) is 9.59 Å². The molecule has 1 saturated heterocycles. The molecule has 0 radical (unpaired) electrons. The van der Waals surface area contributed by atoms with E-state index in [9.17, 15) is 9.59 Å². The number of hydrogen-bond donors (Lipinski definition) is 1. The zero-order chi connectivity index (χ0) is 20.6. The summed E-state index contributed by atoms with van der Waals surface area (Å²) in [6.45, 7) is 3.67. The number of carbonyl (C=O) groups is 2. The van der Waals surface area contributed by atoms with E-state index in [-0.39, 0.29) is 11.8 Å². The van der Waals surface area contributed by atoms with Crippen molar-refractivity contribution in [3.05, 3.63) is 59.7 Å². The molecule has 152 valence electrons. The van der Waals surface area contributed by atoms with Crippen molar-refractivity contribution in [3.63, 3.8) is 0 Å². The van der Waals surface area contributed by atoms with Crippen molar-refractivity contribution in [2.24, 2.45) is 0 Å². The Labute approximate surface area is 171 Å². The van der Waals surface area contributed by atoms with E-state index >= 15 is 0 Å². The largest absolute Gasteiger partial charge is 0.493 e. The number of amides is 2. The van der Waals surface area contributed by atoms with Crippen LogP contribution in [0, 0.1) is 0 Å². The van der Waals surface area contributed by atoms with E-state index in [1.165, 1.54) is 6.08 Å². The predicted octanol–water partition coefficient (Wildman–Crippen LogP) is 3.55. The average Bonchev–Trinajstić information content (AvgIpc) is 3.18. The maximum atomic E-state index is 12.1. The van der Waals surface area contributed by atoms with Gasteiger partial charge >= 0.3 is 0 Å². The summed E-state index contributed by atoms with van der Waals surface area (Å²) in [4.78, 5) is 25.7. The number of anilines is 1. The van der Waals surface area contributed by atoms with Crippen LogP contribution in [0.5, 0.6) is 11.5 Å². The van der Waals surface area contributed by atoms with Gasteiger partial charge in [0, 0.05) is 31.3 Å². The van der Waals surface area contributed by atoms with Crippen LogP contribution in [0.4, 0.5) is 5.69 Å². The molecule has 0 aromatic heterocycles. The molecule has 1 aliphatic rings. The lowest BCUT2D eigenvalue weighted by Crippen LogP contribution is -2.23. The Kier molecular flexibility index (Phi) is 6.89. The van der Waals surface area contributed by atoms with E-state index in [0.717, 1.165) is 29.8 Å². The van der Waals surface area contributed by atoms with Gasteiger partial charge in [0.15, 0.2) is 11.5 Å². The standard InChI is InChI=1S/C23H26N2O4/c1-3-29-20-12-8-17(15-21(20)28-2)9-13-22(26)24-16-18-6-10-19(11-7-18)25-14-4-5-23(25)27/h6-13,15H,3-5,14,16H2,1-2H3,(H,24,26)/b13-9+. The Hall–Kier alpha value is -3.28. The third-order valence-corrected chi connectivity index (χ3v) is 4.70. The molecule has 1 aliphatic heterocycles. The zero-order valence-corrected chi connectivity index (χ0v) is 16.8. The van der Waals surface area contributed by atoms with Gasteiger partial charge in [-0.2, -0.15) is 0 Å². The van der Waals surface area contributed by atoms with Gasteiger partial charge in [-0.1, -0.05) is 18.2 Å². The van der Waals surface area contributed by atoms with Gasteiger partial charge in [0.25, 0.3) is 0 Å². The second kappa shape index (κ2) is 9.78. The molecule has 2 aromatic carbocycles. The summed E-state index contributed by atoms with van der Waals surface area (Å²) in [5.41, 5.74) is 2.73. The van der Waals surface area contributed by atoms with Crippen LogP contribution in [0.3, 0.4) is 0 Å². The highest BCUT2D eigenvalue weighted by molar-refractivity contribution is 5.95. The Morgan fingerprint density at radius 1 is 1.17 bits per heavy atom. The average molecular weight is 394 g/mol. The zero-order valence-electron chi connectivity index (χ0n) is 16.8. The number of nitrogens with one attached hydrogen (secondary N) is 1. The molecular weight excluding hydrogens is 368 g/mol. The van der Waals surface area contributed by atoms with Gasteiger partial charge in [0.2, 0.25) is 11.8 Å². The third kappa shape index (κ3) is 5.38. The molecular formula is C23H26N2O4. The van der Waals surface area contributed by atoms with Crippen molar-refractivity contribution >= 4 is 23.6 Å². The van der Waals surface area contributed by atoms with Crippen molar-refractivity contribution in [2.75, 3.05) is 25.2 Å². The number of ether oxygens (including phenoxy) is 2. The maximum Gasteiger partial charge on any atom is 0.244 e. The molecule has 29 heavy (non-hydrogen) atoms. The second-order valence-corrected chi connectivity index (χ2v) is 6.71. The van der Waals surface area contributed by atoms with Crippen LogP contribution in [0.15, 0.2) is 48.5 Å². The van der Waals surface area contributed by atoms with Gasteiger partial charge in [-0.05, 0) is 54.8 Å². The first-order valence-electron chi connectivity index (χ1n) is 9.76. The highest BCUT2D eigenvalue weighted by atomic mass is 16.5. The SMILES string of the molecule is CCOc1ccc(/C=C/C(=O)NCc2ccc(N3CCCC3=O)cc2)cc1OC. The number of hydrogen-bond acceptors (Lipinski definition) is 4. The normalized spacial score (nSPS) is 13.7. The quantitative estimate of drug-likeness (QED) is 0.696. The highest BCUT2D eigenvalue weighted by Gasteiger charge is 2.21. The van der Waals surface area contributed by atoms with Crippen molar-refractivity contribution in [1.82, 2.24) is 5.32 Å². The molecule has 1 fully saturated rings. The van der Waals surface area contributed by atoms with Crippen LogP contribution in [-0.4, -0.2) is 32.1 Å². The number of benzene rings is 2. The summed E-state index contributed by atoms with van der Waals surface area (Å²) in [7, 11) is 1.59. The predicted molar refractivity (Wildman–Crippen MR) is 113 cm³/mol. The molecule has 2 amide bonds. The summed E-state index contributed by atoms with van der Waals surface area (Å²) in [5, 5.41) is 2.87. The fraction of sp³-hybridized carbons (Fsp3) is 0.304. The van der Waals surface area contributed by atoms with E-state index in [4.69, 9.17) is 9.47 Å². The first kappa shape index (κ1) is 20.5. The smallest absolute Gasteiger partial charge is 0.244 e. The third-order valence-electron chi connectivity index (χ3n) is 4.70. The molecule has 0 bridgehead atoms. The number of carbonyl (C=O) groups excluding carboxylic acids is 2. The minimum absolute atomic E-state index is 0.169. The van der Waals surface area contributed by atoms with Gasteiger partial charge in [0.1, 0.15) is 0 Å². The Bertz CT molecular complexity index is 890. The highest BCUT2D eigenvalue weighted by Crippen LogP contribution is 2.28.